The van der Waals surface area contributed by atoms with Gasteiger partial charge in [-0.1, -0.05) is 54.6 Å². The Hall–Kier alpha value is -2.17. The third-order valence-electron chi connectivity index (χ3n) is 3.85. The molecule has 0 aliphatic carbocycles. The molecule has 4 nitrogen and oxygen atoms in total. The molecular formula is C18H22N2O2. The van der Waals surface area contributed by atoms with Crippen molar-refractivity contribution in [2.75, 3.05) is 6.54 Å². The molecule has 2 aromatic carbocycles. The Bertz CT molecular complexity index is 639. The standard InChI is InChI=1S/C18H22N2O2/c1-13-8-6-7-11-15(13)16(21)12-20-17(22)18(2,19)14-9-4-3-5-10-14/h3-11,16,21H,12,19H2,1-2H3,(H,20,22). The minimum absolute atomic E-state index is 0.128. The molecule has 22 heavy (non-hydrogen) atoms. The van der Waals surface area contributed by atoms with Crippen molar-refractivity contribution in [2.45, 2.75) is 25.5 Å². The first-order valence-corrected chi connectivity index (χ1v) is 7.29. The summed E-state index contributed by atoms with van der Waals surface area (Å²) in [5.74, 6) is -0.314. The third-order valence-corrected chi connectivity index (χ3v) is 3.85. The normalized spacial score (nSPS) is 14.9. The van der Waals surface area contributed by atoms with E-state index in [1.165, 1.54) is 0 Å². The molecule has 2 unspecified atom stereocenters. The molecule has 2 aromatic rings. The van der Waals surface area contributed by atoms with Crippen molar-refractivity contribution in [3.05, 3.63) is 71.3 Å². The predicted molar refractivity (Wildman–Crippen MR) is 87.1 cm³/mol. The first-order valence-electron chi connectivity index (χ1n) is 7.29. The quantitative estimate of drug-likeness (QED) is 0.790. The van der Waals surface area contributed by atoms with E-state index in [4.69, 9.17) is 5.73 Å². The van der Waals surface area contributed by atoms with E-state index in [-0.39, 0.29) is 12.5 Å². The smallest absolute Gasteiger partial charge is 0.244 e. The van der Waals surface area contributed by atoms with Crippen molar-refractivity contribution < 1.29 is 9.90 Å². The van der Waals surface area contributed by atoms with Gasteiger partial charge in [0.1, 0.15) is 5.54 Å². The fourth-order valence-electron chi connectivity index (χ4n) is 2.36. The van der Waals surface area contributed by atoms with E-state index in [0.717, 1.165) is 16.7 Å². The van der Waals surface area contributed by atoms with Gasteiger partial charge < -0.3 is 16.2 Å². The Balaban J connectivity index is 2.02. The summed E-state index contributed by atoms with van der Waals surface area (Å²) < 4.78 is 0. The molecule has 4 heteroatoms. The van der Waals surface area contributed by atoms with Crippen LogP contribution in [0.5, 0.6) is 0 Å². The van der Waals surface area contributed by atoms with Crippen LogP contribution >= 0.6 is 0 Å². The number of aliphatic hydroxyl groups excluding tert-OH is 1. The Morgan fingerprint density at radius 3 is 2.41 bits per heavy atom. The summed E-state index contributed by atoms with van der Waals surface area (Å²) in [6.07, 6.45) is -0.753. The summed E-state index contributed by atoms with van der Waals surface area (Å²) >= 11 is 0. The highest BCUT2D eigenvalue weighted by Crippen LogP contribution is 2.19. The van der Waals surface area contributed by atoms with E-state index >= 15 is 0 Å². The van der Waals surface area contributed by atoms with Crippen LogP contribution in [0, 0.1) is 6.92 Å². The Labute approximate surface area is 131 Å². The summed E-state index contributed by atoms with van der Waals surface area (Å²) in [5, 5.41) is 13.0. The lowest BCUT2D eigenvalue weighted by Gasteiger charge is -2.25. The van der Waals surface area contributed by atoms with E-state index in [0.29, 0.717) is 0 Å². The highest BCUT2D eigenvalue weighted by Gasteiger charge is 2.30. The number of aryl methyl sites for hydroxylation is 1. The molecule has 116 valence electrons. The number of hydrogen-bond acceptors (Lipinski definition) is 3. The van der Waals surface area contributed by atoms with Crippen molar-refractivity contribution >= 4 is 5.91 Å². The summed E-state index contributed by atoms with van der Waals surface area (Å²) in [7, 11) is 0. The number of rotatable bonds is 5. The molecule has 2 atom stereocenters. The Kier molecular flexibility index (Phi) is 4.96. The molecule has 0 spiro atoms. The number of carbonyl (C=O) groups is 1. The van der Waals surface area contributed by atoms with Crippen LogP contribution in [0.1, 0.15) is 29.7 Å². The first kappa shape index (κ1) is 16.2. The molecule has 0 aliphatic rings. The summed E-state index contributed by atoms with van der Waals surface area (Å²) in [5.41, 5.74) is 7.54. The summed E-state index contributed by atoms with van der Waals surface area (Å²) in [4.78, 5) is 12.3. The van der Waals surface area contributed by atoms with Gasteiger partial charge in [0.2, 0.25) is 5.91 Å². The average molecular weight is 298 g/mol. The van der Waals surface area contributed by atoms with Crippen molar-refractivity contribution in [3.63, 3.8) is 0 Å². The predicted octanol–water partition coefficient (Wildman–Crippen LogP) is 2.02. The van der Waals surface area contributed by atoms with Gasteiger partial charge >= 0.3 is 0 Å². The minimum atomic E-state index is -1.13. The zero-order valence-corrected chi connectivity index (χ0v) is 12.9. The van der Waals surface area contributed by atoms with Crippen LogP contribution in [0.4, 0.5) is 0 Å². The number of benzene rings is 2. The SMILES string of the molecule is Cc1ccccc1C(O)CNC(=O)C(C)(N)c1ccccc1. The fourth-order valence-corrected chi connectivity index (χ4v) is 2.36. The van der Waals surface area contributed by atoms with Crippen LogP contribution in [-0.2, 0) is 10.3 Å². The monoisotopic (exact) mass is 298 g/mol. The van der Waals surface area contributed by atoms with Crippen molar-refractivity contribution in [1.82, 2.24) is 5.32 Å². The van der Waals surface area contributed by atoms with Gasteiger partial charge in [-0.25, -0.2) is 0 Å². The van der Waals surface area contributed by atoms with Gasteiger partial charge in [0, 0.05) is 6.54 Å². The number of nitrogens with one attached hydrogen (secondary N) is 1. The van der Waals surface area contributed by atoms with Crippen LogP contribution in [0.15, 0.2) is 54.6 Å². The van der Waals surface area contributed by atoms with E-state index in [2.05, 4.69) is 5.32 Å². The molecular weight excluding hydrogens is 276 g/mol. The zero-order chi connectivity index (χ0) is 16.2. The van der Waals surface area contributed by atoms with Crippen LogP contribution in [0.2, 0.25) is 0 Å². The molecule has 0 saturated carbocycles. The van der Waals surface area contributed by atoms with Crippen LogP contribution < -0.4 is 11.1 Å². The Morgan fingerprint density at radius 1 is 1.18 bits per heavy atom. The molecule has 0 heterocycles. The second kappa shape index (κ2) is 6.73. The molecule has 0 aliphatic heterocycles. The van der Waals surface area contributed by atoms with E-state index in [1.807, 2.05) is 61.5 Å². The highest BCUT2D eigenvalue weighted by molar-refractivity contribution is 5.87. The second-order valence-electron chi connectivity index (χ2n) is 5.65. The van der Waals surface area contributed by atoms with Gasteiger partial charge in [-0.15, -0.1) is 0 Å². The number of hydrogen-bond donors (Lipinski definition) is 3. The van der Waals surface area contributed by atoms with Crippen LogP contribution in [-0.4, -0.2) is 17.6 Å². The minimum Gasteiger partial charge on any atom is -0.387 e. The van der Waals surface area contributed by atoms with Crippen LogP contribution in [0.25, 0.3) is 0 Å². The molecule has 0 aromatic heterocycles. The average Bonchev–Trinajstić information content (AvgIpc) is 2.53. The van der Waals surface area contributed by atoms with Crippen LogP contribution in [0.3, 0.4) is 0 Å². The molecule has 4 N–H and O–H groups in total. The molecule has 2 rings (SSSR count). The number of nitrogens with two attached hydrogens (primary N) is 1. The molecule has 0 fully saturated rings. The van der Waals surface area contributed by atoms with Gasteiger partial charge in [-0.05, 0) is 30.5 Å². The fraction of sp³-hybridized carbons (Fsp3) is 0.278. The maximum absolute atomic E-state index is 12.3. The van der Waals surface area contributed by atoms with E-state index in [9.17, 15) is 9.90 Å². The van der Waals surface area contributed by atoms with E-state index < -0.39 is 11.6 Å². The highest BCUT2D eigenvalue weighted by atomic mass is 16.3. The lowest BCUT2D eigenvalue weighted by molar-refractivity contribution is -0.126. The van der Waals surface area contributed by atoms with Crippen molar-refractivity contribution in [3.8, 4) is 0 Å². The van der Waals surface area contributed by atoms with Gasteiger partial charge in [0.15, 0.2) is 0 Å². The molecule has 0 saturated heterocycles. The Morgan fingerprint density at radius 2 is 1.77 bits per heavy atom. The molecule has 0 bridgehead atoms. The van der Waals surface area contributed by atoms with Gasteiger partial charge in [-0.3, -0.25) is 4.79 Å². The maximum atomic E-state index is 12.3. The molecule has 0 radical (unpaired) electrons. The lowest BCUT2D eigenvalue weighted by atomic mass is 9.92. The summed E-state index contributed by atoms with van der Waals surface area (Å²) in [6.45, 7) is 3.72. The third kappa shape index (κ3) is 3.53. The lowest BCUT2D eigenvalue weighted by Crippen LogP contribution is -2.49. The van der Waals surface area contributed by atoms with Crippen molar-refractivity contribution in [1.29, 1.82) is 0 Å². The van der Waals surface area contributed by atoms with Gasteiger partial charge in [0.05, 0.1) is 6.10 Å². The topological polar surface area (TPSA) is 75.3 Å². The molecule has 1 amide bonds. The zero-order valence-electron chi connectivity index (χ0n) is 12.9. The largest absolute Gasteiger partial charge is 0.387 e. The number of amides is 1. The maximum Gasteiger partial charge on any atom is 0.244 e. The number of aliphatic hydroxyl groups is 1. The van der Waals surface area contributed by atoms with Gasteiger partial charge in [-0.2, -0.15) is 0 Å². The van der Waals surface area contributed by atoms with E-state index in [1.54, 1.807) is 6.92 Å². The number of carbonyl (C=O) groups excluding carboxylic acids is 1. The first-order chi connectivity index (χ1) is 10.4. The second-order valence-corrected chi connectivity index (χ2v) is 5.65. The summed E-state index contributed by atoms with van der Waals surface area (Å²) in [6, 6.07) is 16.8. The van der Waals surface area contributed by atoms with Gasteiger partial charge in [0.25, 0.3) is 0 Å². The van der Waals surface area contributed by atoms with Crippen molar-refractivity contribution in [2.24, 2.45) is 5.73 Å².